The fourth-order valence-corrected chi connectivity index (χ4v) is 4.36. The van der Waals surface area contributed by atoms with Gasteiger partial charge in [0.1, 0.15) is 6.61 Å². The second kappa shape index (κ2) is 10.1. The van der Waals surface area contributed by atoms with Crippen LogP contribution in [0.2, 0.25) is 15.1 Å². The standard InChI is InChI=1S/C22H21Cl3N2O3S/c1-4-29-18-8-14(20-19(12(3)28)11(2)26-22(31)27-20)7-17(25)21(18)30-10-13-5-6-15(23)9-16(13)24/h5-9,20H,4,10H2,1-3H3,(H2,26,27,31)/t20-/m0/s1. The van der Waals surface area contributed by atoms with E-state index >= 15 is 0 Å². The summed E-state index contributed by atoms with van der Waals surface area (Å²) in [7, 11) is 0. The third-order valence-electron chi connectivity index (χ3n) is 4.70. The molecule has 0 amide bonds. The maximum atomic E-state index is 12.3. The first-order valence-corrected chi connectivity index (χ1v) is 11.1. The highest BCUT2D eigenvalue weighted by Gasteiger charge is 2.29. The lowest BCUT2D eigenvalue weighted by Gasteiger charge is -2.30. The number of ether oxygens (including phenoxy) is 2. The van der Waals surface area contributed by atoms with E-state index in [4.69, 9.17) is 56.5 Å². The smallest absolute Gasteiger partial charge is 0.180 e. The van der Waals surface area contributed by atoms with E-state index in [2.05, 4.69) is 10.6 Å². The molecular formula is C22H21Cl3N2O3S. The Morgan fingerprint density at radius 2 is 1.87 bits per heavy atom. The Balaban J connectivity index is 1.97. The van der Waals surface area contributed by atoms with E-state index < -0.39 is 6.04 Å². The van der Waals surface area contributed by atoms with Crippen LogP contribution in [0.5, 0.6) is 11.5 Å². The predicted molar refractivity (Wildman–Crippen MR) is 128 cm³/mol. The van der Waals surface area contributed by atoms with Crippen molar-refractivity contribution in [3.8, 4) is 11.5 Å². The Morgan fingerprint density at radius 3 is 2.52 bits per heavy atom. The Kier molecular flexibility index (Phi) is 7.70. The van der Waals surface area contributed by atoms with Gasteiger partial charge in [0.25, 0.3) is 0 Å². The molecule has 1 heterocycles. The fraction of sp³-hybridized carbons (Fsp3) is 0.273. The van der Waals surface area contributed by atoms with Crippen LogP contribution < -0.4 is 20.1 Å². The molecule has 5 nitrogen and oxygen atoms in total. The minimum atomic E-state index is -0.456. The summed E-state index contributed by atoms with van der Waals surface area (Å²) in [6, 6.07) is 8.27. The van der Waals surface area contributed by atoms with Crippen molar-refractivity contribution in [1.29, 1.82) is 0 Å². The van der Waals surface area contributed by atoms with Gasteiger partial charge < -0.3 is 20.1 Å². The molecule has 2 N–H and O–H groups in total. The van der Waals surface area contributed by atoms with Gasteiger partial charge in [-0.2, -0.15) is 0 Å². The number of nitrogens with one attached hydrogen (secondary N) is 2. The molecule has 1 atom stereocenters. The van der Waals surface area contributed by atoms with Crippen LogP contribution in [-0.4, -0.2) is 17.5 Å². The molecule has 0 aliphatic carbocycles. The zero-order valence-corrected chi connectivity index (χ0v) is 20.2. The first kappa shape index (κ1) is 23.7. The lowest BCUT2D eigenvalue weighted by atomic mass is 9.93. The average molecular weight is 500 g/mol. The number of ketones is 1. The van der Waals surface area contributed by atoms with Gasteiger partial charge in [-0.15, -0.1) is 0 Å². The number of carbonyl (C=O) groups is 1. The van der Waals surface area contributed by atoms with Gasteiger partial charge in [0.2, 0.25) is 0 Å². The Bertz CT molecular complexity index is 1070. The molecule has 0 unspecified atom stereocenters. The van der Waals surface area contributed by atoms with Gasteiger partial charge in [-0.05, 0) is 62.8 Å². The second-order valence-electron chi connectivity index (χ2n) is 6.91. The van der Waals surface area contributed by atoms with Gasteiger partial charge in [0.15, 0.2) is 22.4 Å². The molecule has 31 heavy (non-hydrogen) atoms. The summed E-state index contributed by atoms with van der Waals surface area (Å²) < 4.78 is 11.8. The van der Waals surface area contributed by atoms with Crippen molar-refractivity contribution in [2.24, 2.45) is 0 Å². The molecule has 2 aromatic carbocycles. The molecule has 0 bridgehead atoms. The van der Waals surface area contributed by atoms with Crippen LogP contribution in [0.4, 0.5) is 0 Å². The highest BCUT2D eigenvalue weighted by molar-refractivity contribution is 7.80. The number of halogens is 3. The third kappa shape index (κ3) is 5.44. The monoisotopic (exact) mass is 498 g/mol. The summed E-state index contributed by atoms with van der Waals surface area (Å²) in [5.41, 5.74) is 2.77. The van der Waals surface area contributed by atoms with E-state index in [1.807, 2.05) is 13.8 Å². The van der Waals surface area contributed by atoms with Crippen LogP contribution in [0.15, 0.2) is 41.6 Å². The van der Waals surface area contributed by atoms with Gasteiger partial charge >= 0.3 is 0 Å². The van der Waals surface area contributed by atoms with Crippen molar-refractivity contribution in [2.75, 3.05) is 6.61 Å². The zero-order valence-electron chi connectivity index (χ0n) is 17.1. The van der Waals surface area contributed by atoms with E-state index in [0.29, 0.717) is 49.6 Å². The Morgan fingerprint density at radius 1 is 1.13 bits per heavy atom. The number of allylic oxidation sites excluding steroid dienone is 1. The number of benzene rings is 2. The van der Waals surface area contributed by atoms with Crippen molar-refractivity contribution >= 4 is 57.9 Å². The summed E-state index contributed by atoms with van der Waals surface area (Å²) in [5.74, 6) is 0.776. The molecular weight excluding hydrogens is 479 g/mol. The fourth-order valence-electron chi connectivity index (χ4n) is 3.36. The molecule has 1 aliphatic rings. The largest absolute Gasteiger partial charge is 0.490 e. The maximum Gasteiger partial charge on any atom is 0.180 e. The zero-order chi connectivity index (χ0) is 22.7. The molecule has 9 heteroatoms. The van der Waals surface area contributed by atoms with E-state index in [-0.39, 0.29) is 12.4 Å². The van der Waals surface area contributed by atoms with Crippen LogP contribution in [0.25, 0.3) is 0 Å². The molecule has 2 aromatic rings. The minimum Gasteiger partial charge on any atom is -0.490 e. The lowest BCUT2D eigenvalue weighted by molar-refractivity contribution is -0.114. The Labute approximate surface area is 201 Å². The topological polar surface area (TPSA) is 59.6 Å². The van der Waals surface area contributed by atoms with Crippen molar-refractivity contribution in [1.82, 2.24) is 10.6 Å². The van der Waals surface area contributed by atoms with Crippen molar-refractivity contribution in [3.05, 3.63) is 67.8 Å². The lowest BCUT2D eigenvalue weighted by Crippen LogP contribution is -2.44. The molecule has 0 radical (unpaired) electrons. The van der Waals surface area contributed by atoms with E-state index in [1.54, 1.807) is 30.3 Å². The van der Waals surface area contributed by atoms with Crippen LogP contribution >= 0.6 is 47.0 Å². The normalized spacial score (nSPS) is 15.9. The van der Waals surface area contributed by atoms with Crippen molar-refractivity contribution in [3.63, 3.8) is 0 Å². The third-order valence-corrected chi connectivity index (χ3v) is 5.79. The average Bonchev–Trinajstić information content (AvgIpc) is 2.67. The number of hydrogen-bond donors (Lipinski definition) is 2. The molecule has 0 aromatic heterocycles. The molecule has 1 aliphatic heterocycles. The first-order valence-electron chi connectivity index (χ1n) is 9.53. The van der Waals surface area contributed by atoms with E-state index in [1.165, 1.54) is 6.92 Å². The number of hydrogen-bond acceptors (Lipinski definition) is 4. The summed E-state index contributed by atoms with van der Waals surface area (Å²) in [6.45, 7) is 5.79. The van der Waals surface area contributed by atoms with Crippen molar-refractivity contribution < 1.29 is 14.3 Å². The molecule has 0 saturated carbocycles. The molecule has 3 rings (SSSR count). The molecule has 0 saturated heterocycles. The summed E-state index contributed by atoms with van der Waals surface area (Å²) in [4.78, 5) is 12.3. The van der Waals surface area contributed by atoms with Crippen LogP contribution in [0, 0.1) is 0 Å². The first-order chi connectivity index (χ1) is 14.7. The Hall–Kier alpha value is -1.99. The van der Waals surface area contributed by atoms with Crippen LogP contribution in [0.1, 0.15) is 37.9 Å². The van der Waals surface area contributed by atoms with Gasteiger partial charge in [0, 0.05) is 26.9 Å². The van der Waals surface area contributed by atoms with E-state index in [0.717, 1.165) is 11.1 Å². The quantitative estimate of drug-likeness (QED) is 0.455. The molecule has 0 fully saturated rings. The van der Waals surface area contributed by atoms with Gasteiger partial charge in [-0.3, -0.25) is 4.79 Å². The van der Waals surface area contributed by atoms with Crippen LogP contribution in [0.3, 0.4) is 0 Å². The van der Waals surface area contributed by atoms with Gasteiger partial charge in [-0.1, -0.05) is 40.9 Å². The van der Waals surface area contributed by atoms with Gasteiger partial charge in [0.05, 0.1) is 17.7 Å². The summed E-state index contributed by atoms with van der Waals surface area (Å²) >= 11 is 24.1. The highest BCUT2D eigenvalue weighted by Crippen LogP contribution is 2.41. The van der Waals surface area contributed by atoms with Crippen molar-refractivity contribution in [2.45, 2.75) is 33.4 Å². The highest BCUT2D eigenvalue weighted by atomic mass is 35.5. The number of Topliss-reactive ketones (excluding diaryl/α,β-unsaturated/α-hetero) is 1. The second-order valence-corrected chi connectivity index (χ2v) is 8.57. The number of thiocarbonyl (C=S) groups is 1. The van der Waals surface area contributed by atoms with Gasteiger partial charge in [-0.25, -0.2) is 0 Å². The molecule has 164 valence electrons. The van der Waals surface area contributed by atoms with Crippen LogP contribution in [-0.2, 0) is 11.4 Å². The predicted octanol–water partition coefficient (Wildman–Crippen LogP) is 6.01. The summed E-state index contributed by atoms with van der Waals surface area (Å²) in [5, 5.41) is 7.95. The SMILES string of the molecule is CCOc1cc([C@@H]2NC(=S)NC(C)=C2C(C)=O)cc(Cl)c1OCc1ccc(Cl)cc1Cl. The summed E-state index contributed by atoms with van der Waals surface area (Å²) in [6.07, 6.45) is 0. The number of rotatable bonds is 7. The molecule has 0 spiro atoms. The number of carbonyl (C=O) groups excluding carboxylic acids is 1. The minimum absolute atomic E-state index is 0.0724. The maximum absolute atomic E-state index is 12.3. The van der Waals surface area contributed by atoms with E-state index in [9.17, 15) is 4.79 Å².